The lowest BCUT2D eigenvalue weighted by Gasteiger charge is -2.26. The fourth-order valence-corrected chi connectivity index (χ4v) is 3.29. The molecule has 0 unspecified atom stereocenters. The van der Waals surface area contributed by atoms with Gasteiger partial charge in [-0.3, -0.25) is 9.50 Å². The van der Waals surface area contributed by atoms with Gasteiger partial charge in [0.25, 0.3) is 0 Å². The second kappa shape index (κ2) is 10.7. The Kier molecular flexibility index (Phi) is 7.80. The van der Waals surface area contributed by atoms with E-state index in [0.717, 1.165) is 38.2 Å². The van der Waals surface area contributed by atoms with Gasteiger partial charge in [-0.2, -0.15) is 18.3 Å². The molecule has 170 valence electrons. The van der Waals surface area contributed by atoms with Gasteiger partial charge in [0.1, 0.15) is 5.65 Å². The standard InChI is InChI=1S/C17H16F3N5.C3H4N2.C2H6/c18-17(19,20)12-4-5-15-22-10-14(25(15)11-12)13-6-7-21-16(23-13)24-8-2-1-3-9-24;1-2-4-5-3-1;1-2/h4-7,10-11H,1-3,8-9H2;1-3H,(H,4,5);1-2H3. The summed E-state index contributed by atoms with van der Waals surface area (Å²) in [6.07, 6.45) is 6.68. The van der Waals surface area contributed by atoms with Crippen molar-refractivity contribution >= 4 is 11.6 Å². The number of aromatic nitrogens is 6. The van der Waals surface area contributed by atoms with Crippen LogP contribution in [0.5, 0.6) is 0 Å². The van der Waals surface area contributed by atoms with E-state index in [2.05, 4.69) is 30.0 Å². The fourth-order valence-electron chi connectivity index (χ4n) is 3.29. The molecule has 0 spiro atoms. The quantitative estimate of drug-likeness (QED) is 0.457. The number of fused-ring (bicyclic) bond motifs is 1. The number of halogens is 3. The predicted molar refractivity (Wildman–Crippen MR) is 117 cm³/mol. The topological polar surface area (TPSA) is 75.0 Å². The number of nitrogens with one attached hydrogen (secondary N) is 1. The lowest BCUT2D eigenvalue weighted by molar-refractivity contribution is -0.137. The van der Waals surface area contributed by atoms with E-state index in [9.17, 15) is 13.2 Å². The molecular weight excluding hydrogens is 419 g/mol. The second-order valence-corrected chi connectivity index (χ2v) is 6.84. The summed E-state index contributed by atoms with van der Waals surface area (Å²) in [5, 5.41) is 6.21. The number of H-pyrrole nitrogens is 1. The summed E-state index contributed by atoms with van der Waals surface area (Å²) in [5.41, 5.74) is 0.801. The number of nitrogens with zero attached hydrogens (tertiary/aromatic N) is 6. The minimum atomic E-state index is -4.40. The van der Waals surface area contributed by atoms with E-state index in [-0.39, 0.29) is 0 Å². The number of pyridine rings is 1. The molecule has 4 aromatic heterocycles. The lowest BCUT2D eigenvalue weighted by Crippen LogP contribution is -2.31. The molecule has 32 heavy (non-hydrogen) atoms. The van der Waals surface area contributed by atoms with Crippen LogP contribution in [0.2, 0.25) is 0 Å². The molecule has 4 aromatic rings. The normalized spacial score (nSPS) is 13.7. The SMILES string of the molecule is CC.FC(F)(F)c1ccc2ncc(-c3ccnc(N4CCCCC4)n3)n2c1.c1cn[nH]c1. The molecule has 0 radical (unpaired) electrons. The number of hydrogen-bond donors (Lipinski definition) is 1. The van der Waals surface area contributed by atoms with Gasteiger partial charge in [0.05, 0.1) is 23.1 Å². The maximum absolute atomic E-state index is 13.0. The van der Waals surface area contributed by atoms with Crippen molar-refractivity contribution in [2.75, 3.05) is 18.0 Å². The third-order valence-electron chi connectivity index (χ3n) is 4.78. The maximum atomic E-state index is 13.0. The van der Waals surface area contributed by atoms with Crippen LogP contribution in [0.4, 0.5) is 19.1 Å². The molecule has 1 aliphatic rings. The zero-order valence-corrected chi connectivity index (χ0v) is 18.0. The van der Waals surface area contributed by atoms with Gasteiger partial charge in [0.15, 0.2) is 0 Å². The largest absolute Gasteiger partial charge is 0.417 e. The molecule has 7 nitrogen and oxygen atoms in total. The van der Waals surface area contributed by atoms with Crippen molar-refractivity contribution in [1.29, 1.82) is 0 Å². The molecule has 1 fully saturated rings. The van der Waals surface area contributed by atoms with Gasteiger partial charge in [0, 0.05) is 37.9 Å². The highest BCUT2D eigenvalue weighted by Gasteiger charge is 2.31. The number of anilines is 1. The molecule has 0 aliphatic carbocycles. The summed E-state index contributed by atoms with van der Waals surface area (Å²) < 4.78 is 40.4. The number of alkyl halides is 3. The molecule has 0 amide bonds. The van der Waals surface area contributed by atoms with Crippen LogP contribution in [-0.4, -0.2) is 42.6 Å². The van der Waals surface area contributed by atoms with Gasteiger partial charge < -0.3 is 4.90 Å². The molecule has 0 aromatic carbocycles. The molecule has 0 atom stereocenters. The average molecular weight is 445 g/mol. The molecule has 1 N–H and O–H groups in total. The van der Waals surface area contributed by atoms with Crippen LogP contribution in [0.25, 0.3) is 17.0 Å². The summed E-state index contributed by atoms with van der Waals surface area (Å²) in [5.74, 6) is 0.610. The Morgan fingerprint density at radius 3 is 2.38 bits per heavy atom. The van der Waals surface area contributed by atoms with Crippen LogP contribution >= 0.6 is 0 Å². The van der Waals surface area contributed by atoms with Crippen molar-refractivity contribution in [3.63, 3.8) is 0 Å². The van der Waals surface area contributed by atoms with Gasteiger partial charge in [-0.1, -0.05) is 13.8 Å². The van der Waals surface area contributed by atoms with Gasteiger partial charge >= 0.3 is 6.18 Å². The van der Waals surface area contributed by atoms with E-state index in [0.29, 0.717) is 23.0 Å². The number of hydrogen-bond acceptors (Lipinski definition) is 5. The highest BCUT2D eigenvalue weighted by Crippen LogP contribution is 2.30. The first-order valence-electron chi connectivity index (χ1n) is 10.6. The molecule has 0 bridgehead atoms. The monoisotopic (exact) mass is 445 g/mol. The van der Waals surface area contributed by atoms with E-state index >= 15 is 0 Å². The van der Waals surface area contributed by atoms with E-state index < -0.39 is 11.7 Å². The minimum absolute atomic E-state index is 0.445. The molecular formula is C22H26F3N7. The third kappa shape index (κ3) is 5.63. The van der Waals surface area contributed by atoms with E-state index in [1.807, 2.05) is 19.9 Å². The van der Waals surface area contributed by atoms with Crippen LogP contribution in [0, 0.1) is 0 Å². The number of piperidine rings is 1. The van der Waals surface area contributed by atoms with Crippen LogP contribution in [0.15, 0.2) is 55.2 Å². The van der Waals surface area contributed by atoms with Crippen molar-refractivity contribution in [3.8, 4) is 11.4 Å². The van der Waals surface area contributed by atoms with Crippen molar-refractivity contribution in [2.24, 2.45) is 0 Å². The lowest BCUT2D eigenvalue weighted by atomic mass is 10.1. The zero-order valence-electron chi connectivity index (χ0n) is 18.0. The number of aromatic amines is 1. The van der Waals surface area contributed by atoms with E-state index in [1.165, 1.54) is 23.1 Å². The van der Waals surface area contributed by atoms with E-state index in [1.54, 1.807) is 24.7 Å². The van der Waals surface area contributed by atoms with Gasteiger partial charge in [-0.05, 0) is 43.5 Å². The summed E-state index contributed by atoms with van der Waals surface area (Å²) in [4.78, 5) is 15.2. The summed E-state index contributed by atoms with van der Waals surface area (Å²) in [7, 11) is 0. The first kappa shape index (κ1) is 23.2. The molecule has 1 saturated heterocycles. The Bertz CT molecular complexity index is 1070. The molecule has 0 saturated carbocycles. The Morgan fingerprint density at radius 1 is 0.969 bits per heavy atom. The summed E-state index contributed by atoms with van der Waals surface area (Å²) >= 11 is 0. The van der Waals surface area contributed by atoms with Crippen molar-refractivity contribution in [1.82, 2.24) is 29.5 Å². The van der Waals surface area contributed by atoms with E-state index in [4.69, 9.17) is 0 Å². The van der Waals surface area contributed by atoms with Crippen LogP contribution in [-0.2, 0) is 6.18 Å². The molecule has 5 rings (SSSR count). The van der Waals surface area contributed by atoms with Crippen molar-refractivity contribution in [3.05, 3.63) is 60.8 Å². The number of imidazole rings is 1. The third-order valence-corrected chi connectivity index (χ3v) is 4.78. The van der Waals surface area contributed by atoms with Crippen molar-refractivity contribution < 1.29 is 13.2 Å². The maximum Gasteiger partial charge on any atom is 0.417 e. The Morgan fingerprint density at radius 2 is 1.75 bits per heavy atom. The smallest absolute Gasteiger partial charge is 0.341 e. The molecule has 1 aliphatic heterocycles. The van der Waals surface area contributed by atoms with Crippen molar-refractivity contribution in [2.45, 2.75) is 39.3 Å². The molecule has 5 heterocycles. The Hall–Kier alpha value is -3.43. The highest BCUT2D eigenvalue weighted by atomic mass is 19.4. The zero-order chi connectivity index (χ0) is 23.0. The second-order valence-electron chi connectivity index (χ2n) is 6.84. The van der Waals surface area contributed by atoms with Crippen LogP contribution in [0.3, 0.4) is 0 Å². The van der Waals surface area contributed by atoms with Gasteiger partial charge in [-0.25, -0.2) is 15.0 Å². The summed E-state index contributed by atoms with van der Waals surface area (Å²) in [6.45, 7) is 5.80. The Labute approximate surface area is 184 Å². The Balaban J connectivity index is 0.000000359. The predicted octanol–water partition coefficient (Wildman–Crippen LogP) is 5.24. The minimum Gasteiger partial charge on any atom is -0.341 e. The average Bonchev–Trinajstić information content (AvgIpc) is 3.54. The highest BCUT2D eigenvalue weighted by molar-refractivity contribution is 5.61. The fraction of sp³-hybridized carbons (Fsp3) is 0.364. The van der Waals surface area contributed by atoms with Crippen LogP contribution < -0.4 is 4.90 Å². The first-order valence-corrected chi connectivity index (χ1v) is 10.6. The van der Waals surface area contributed by atoms with Crippen LogP contribution in [0.1, 0.15) is 38.7 Å². The number of rotatable bonds is 2. The van der Waals surface area contributed by atoms with Gasteiger partial charge in [-0.15, -0.1) is 0 Å². The first-order chi connectivity index (χ1) is 15.5. The van der Waals surface area contributed by atoms with Gasteiger partial charge in [0.2, 0.25) is 5.95 Å². The summed E-state index contributed by atoms with van der Waals surface area (Å²) in [6, 6.07) is 5.92. The molecule has 10 heteroatoms.